The van der Waals surface area contributed by atoms with Crippen molar-refractivity contribution in [2.45, 2.75) is 51.0 Å². The quantitative estimate of drug-likeness (QED) is 0.929. The lowest BCUT2D eigenvalue weighted by Crippen LogP contribution is -2.49. The van der Waals surface area contributed by atoms with Gasteiger partial charge in [-0.1, -0.05) is 19.4 Å². The summed E-state index contributed by atoms with van der Waals surface area (Å²) in [4.78, 5) is 0.388. The normalized spacial score (nSPS) is 24.2. The van der Waals surface area contributed by atoms with Crippen molar-refractivity contribution in [3.8, 4) is 0 Å². The molecule has 0 aromatic heterocycles. The SMILES string of the molecule is CCC1CCN(S(=O)(=O)c2ccc(C)c(C)c2)C(CN)C1. The molecule has 118 valence electrons. The van der Waals surface area contributed by atoms with Crippen LogP contribution in [0.15, 0.2) is 23.1 Å². The Kier molecular flexibility index (Phi) is 5.07. The van der Waals surface area contributed by atoms with E-state index in [2.05, 4.69) is 6.92 Å². The summed E-state index contributed by atoms with van der Waals surface area (Å²) >= 11 is 0. The third-order valence-electron chi connectivity index (χ3n) is 4.70. The molecule has 4 nitrogen and oxygen atoms in total. The average molecular weight is 310 g/mol. The van der Waals surface area contributed by atoms with Gasteiger partial charge in [0.15, 0.2) is 0 Å². The molecule has 1 aliphatic rings. The molecule has 0 bridgehead atoms. The van der Waals surface area contributed by atoms with Crippen LogP contribution in [0.2, 0.25) is 0 Å². The number of aryl methyl sites for hydroxylation is 2. The first-order valence-corrected chi connectivity index (χ1v) is 9.13. The Morgan fingerprint density at radius 3 is 2.57 bits per heavy atom. The van der Waals surface area contributed by atoms with Crippen molar-refractivity contribution in [1.29, 1.82) is 0 Å². The Hall–Kier alpha value is -0.910. The third-order valence-corrected chi connectivity index (χ3v) is 6.65. The van der Waals surface area contributed by atoms with Crippen LogP contribution in [0.5, 0.6) is 0 Å². The van der Waals surface area contributed by atoms with Gasteiger partial charge in [-0.05, 0) is 55.9 Å². The highest BCUT2D eigenvalue weighted by Gasteiger charge is 2.35. The fourth-order valence-electron chi connectivity index (χ4n) is 3.02. The number of piperidine rings is 1. The van der Waals surface area contributed by atoms with Gasteiger partial charge >= 0.3 is 0 Å². The molecule has 0 spiro atoms. The molecule has 1 aliphatic heterocycles. The van der Waals surface area contributed by atoms with E-state index < -0.39 is 10.0 Å². The topological polar surface area (TPSA) is 63.4 Å². The van der Waals surface area contributed by atoms with Gasteiger partial charge in [-0.25, -0.2) is 8.42 Å². The largest absolute Gasteiger partial charge is 0.329 e. The van der Waals surface area contributed by atoms with Gasteiger partial charge in [0.25, 0.3) is 0 Å². The molecule has 1 fully saturated rings. The molecule has 2 rings (SSSR count). The van der Waals surface area contributed by atoms with Crippen LogP contribution in [0.1, 0.15) is 37.3 Å². The molecule has 2 unspecified atom stereocenters. The minimum atomic E-state index is -3.44. The summed E-state index contributed by atoms with van der Waals surface area (Å²) in [5, 5.41) is 0. The zero-order chi connectivity index (χ0) is 15.6. The van der Waals surface area contributed by atoms with Crippen LogP contribution >= 0.6 is 0 Å². The van der Waals surface area contributed by atoms with Gasteiger partial charge in [0, 0.05) is 19.1 Å². The second-order valence-electron chi connectivity index (χ2n) is 6.05. The highest BCUT2D eigenvalue weighted by molar-refractivity contribution is 7.89. The minimum absolute atomic E-state index is 0.0738. The maximum Gasteiger partial charge on any atom is 0.243 e. The first-order chi connectivity index (χ1) is 9.90. The molecule has 2 atom stereocenters. The van der Waals surface area contributed by atoms with E-state index in [4.69, 9.17) is 5.73 Å². The van der Waals surface area contributed by atoms with E-state index in [1.165, 1.54) is 0 Å². The van der Waals surface area contributed by atoms with E-state index in [0.29, 0.717) is 23.9 Å². The summed E-state index contributed by atoms with van der Waals surface area (Å²) in [6.07, 6.45) is 2.89. The van der Waals surface area contributed by atoms with Crippen molar-refractivity contribution >= 4 is 10.0 Å². The van der Waals surface area contributed by atoms with Crippen LogP contribution in [0.3, 0.4) is 0 Å². The number of sulfonamides is 1. The van der Waals surface area contributed by atoms with Gasteiger partial charge in [-0.15, -0.1) is 0 Å². The number of hydrogen-bond donors (Lipinski definition) is 1. The number of rotatable bonds is 4. The van der Waals surface area contributed by atoms with Crippen molar-refractivity contribution in [1.82, 2.24) is 4.31 Å². The maximum absolute atomic E-state index is 12.9. The Bertz CT molecular complexity index is 598. The molecule has 0 aliphatic carbocycles. The van der Waals surface area contributed by atoms with Crippen molar-refractivity contribution in [3.05, 3.63) is 29.3 Å². The van der Waals surface area contributed by atoms with Crippen molar-refractivity contribution in [2.75, 3.05) is 13.1 Å². The maximum atomic E-state index is 12.9. The Morgan fingerprint density at radius 1 is 1.29 bits per heavy atom. The molecule has 5 heteroatoms. The lowest BCUT2D eigenvalue weighted by atomic mass is 9.90. The van der Waals surface area contributed by atoms with E-state index in [-0.39, 0.29) is 6.04 Å². The molecular formula is C16H26N2O2S. The monoisotopic (exact) mass is 310 g/mol. The number of nitrogens with zero attached hydrogens (tertiary/aromatic N) is 1. The van der Waals surface area contributed by atoms with E-state index in [0.717, 1.165) is 30.4 Å². The molecule has 1 aromatic carbocycles. The summed E-state index contributed by atoms with van der Waals surface area (Å²) < 4.78 is 27.4. The van der Waals surface area contributed by atoms with Gasteiger partial charge < -0.3 is 5.73 Å². The minimum Gasteiger partial charge on any atom is -0.329 e. The molecule has 0 radical (unpaired) electrons. The van der Waals surface area contributed by atoms with Crippen molar-refractivity contribution < 1.29 is 8.42 Å². The first kappa shape index (κ1) is 16.5. The van der Waals surface area contributed by atoms with Crippen molar-refractivity contribution in [3.63, 3.8) is 0 Å². The smallest absolute Gasteiger partial charge is 0.243 e. The Labute approximate surface area is 128 Å². The molecule has 2 N–H and O–H groups in total. The fourth-order valence-corrected chi connectivity index (χ4v) is 4.77. The van der Waals surface area contributed by atoms with Crippen LogP contribution in [-0.4, -0.2) is 31.9 Å². The molecular weight excluding hydrogens is 284 g/mol. The fraction of sp³-hybridized carbons (Fsp3) is 0.625. The third kappa shape index (κ3) is 3.30. The predicted octanol–water partition coefficient (Wildman–Crippen LogP) is 2.44. The Morgan fingerprint density at radius 2 is 2.00 bits per heavy atom. The van der Waals surface area contributed by atoms with Gasteiger partial charge in [-0.2, -0.15) is 4.31 Å². The molecule has 0 saturated carbocycles. The average Bonchev–Trinajstić information content (AvgIpc) is 2.49. The summed E-state index contributed by atoms with van der Waals surface area (Å²) in [6, 6.07) is 5.27. The summed E-state index contributed by atoms with van der Waals surface area (Å²) in [5.41, 5.74) is 7.94. The lowest BCUT2D eigenvalue weighted by Gasteiger charge is -2.37. The van der Waals surface area contributed by atoms with E-state index in [1.54, 1.807) is 16.4 Å². The summed E-state index contributed by atoms with van der Waals surface area (Å²) in [7, 11) is -3.44. The predicted molar refractivity (Wildman–Crippen MR) is 85.7 cm³/mol. The summed E-state index contributed by atoms with van der Waals surface area (Å²) in [5.74, 6) is 0.588. The first-order valence-electron chi connectivity index (χ1n) is 7.69. The number of hydrogen-bond acceptors (Lipinski definition) is 3. The van der Waals surface area contributed by atoms with Crippen LogP contribution in [0, 0.1) is 19.8 Å². The standard InChI is InChI=1S/C16H26N2O2S/c1-4-14-7-8-18(15(10-14)11-17)21(19,20)16-6-5-12(2)13(3)9-16/h5-6,9,14-15H,4,7-8,10-11,17H2,1-3H3. The Balaban J connectivity index is 2.31. The summed E-state index contributed by atoms with van der Waals surface area (Å²) in [6.45, 7) is 7.06. The molecule has 0 amide bonds. The van der Waals surface area contributed by atoms with Crippen LogP contribution in [0.4, 0.5) is 0 Å². The molecule has 21 heavy (non-hydrogen) atoms. The van der Waals surface area contributed by atoms with Crippen LogP contribution < -0.4 is 5.73 Å². The van der Waals surface area contributed by atoms with E-state index in [1.807, 2.05) is 19.9 Å². The van der Waals surface area contributed by atoms with Gasteiger partial charge in [-0.3, -0.25) is 0 Å². The van der Waals surface area contributed by atoms with Gasteiger partial charge in [0.05, 0.1) is 4.90 Å². The second-order valence-corrected chi connectivity index (χ2v) is 7.94. The van der Waals surface area contributed by atoms with Crippen LogP contribution in [0.25, 0.3) is 0 Å². The lowest BCUT2D eigenvalue weighted by molar-refractivity contribution is 0.197. The second kappa shape index (κ2) is 6.46. The molecule has 1 saturated heterocycles. The number of nitrogens with two attached hydrogens (primary N) is 1. The zero-order valence-corrected chi connectivity index (χ0v) is 14.0. The highest BCUT2D eigenvalue weighted by atomic mass is 32.2. The van der Waals surface area contributed by atoms with E-state index in [9.17, 15) is 8.42 Å². The zero-order valence-electron chi connectivity index (χ0n) is 13.2. The molecule has 1 heterocycles. The van der Waals surface area contributed by atoms with Crippen LogP contribution in [-0.2, 0) is 10.0 Å². The van der Waals surface area contributed by atoms with Crippen molar-refractivity contribution in [2.24, 2.45) is 11.7 Å². The van der Waals surface area contributed by atoms with Gasteiger partial charge in [0.1, 0.15) is 0 Å². The highest BCUT2D eigenvalue weighted by Crippen LogP contribution is 2.30. The van der Waals surface area contributed by atoms with Gasteiger partial charge in [0.2, 0.25) is 10.0 Å². The van der Waals surface area contributed by atoms with E-state index >= 15 is 0 Å². The number of benzene rings is 1. The molecule has 1 aromatic rings.